The number of rotatable bonds is 0. The Kier molecular flexibility index (Phi) is 4.15. The second-order valence-electron chi connectivity index (χ2n) is 6.35. The van der Waals surface area contributed by atoms with Crippen LogP contribution >= 0.6 is 0 Å². The molecule has 0 aromatic carbocycles. The molecule has 0 bridgehead atoms. The van der Waals surface area contributed by atoms with Crippen molar-refractivity contribution in [2.75, 3.05) is 0 Å². The fourth-order valence-corrected chi connectivity index (χ4v) is 3.38. The molecule has 2 heterocycles. The fraction of sp³-hybridized carbons (Fsp3) is 0.529. The van der Waals surface area contributed by atoms with Gasteiger partial charge in [0.1, 0.15) is 0 Å². The molecule has 0 N–H and O–H groups in total. The molecule has 0 aromatic rings. The smallest absolute Gasteiger partial charge is 0.321 e. The first-order valence-corrected chi connectivity index (χ1v) is 7.83. The van der Waals surface area contributed by atoms with Crippen LogP contribution in [0.2, 0.25) is 0 Å². The molecule has 2 saturated heterocycles. The van der Waals surface area contributed by atoms with Crippen molar-refractivity contribution < 1.29 is 28.7 Å². The number of fused-ring (bicyclic) bond motifs is 2. The second-order valence-corrected chi connectivity index (χ2v) is 6.35. The summed E-state index contributed by atoms with van der Waals surface area (Å²) < 4.78 is 9.01. The molecule has 5 unspecified atom stereocenters. The Labute approximate surface area is 133 Å². The fourth-order valence-electron chi connectivity index (χ4n) is 3.38. The van der Waals surface area contributed by atoms with E-state index in [1.807, 2.05) is 19.1 Å². The molecule has 6 nitrogen and oxygen atoms in total. The monoisotopic (exact) mass is 318 g/mol. The van der Waals surface area contributed by atoms with Crippen LogP contribution in [0.5, 0.6) is 0 Å². The van der Waals surface area contributed by atoms with Crippen molar-refractivity contribution in [1.29, 1.82) is 0 Å². The lowest BCUT2D eigenvalue weighted by molar-refractivity contribution is -0.155. The SMILES string of the molecule is CC1C=CC2C(=O)OC(=O)C2C1.O=C1OC(=O)C2CCC=CC12. The van der Waals surface area contributed by atoms with Gasteiger partial charge in [0, 0.05) is 0 Å². The van der Waals surface area contributed by atoms with Gasteiger partial charge in [0.2, 0.25) is 0 Å². The Morgan fingerprint density at radius 3 is 2.09 bits per heavy atom. The van der Waals surface area contributed by atoms with E-state index in [0.717, 1.165) is 19.3 Å². The van der Waals surface area contributed by atoms with Crippen LogP contribution in [0.1, 0.15) is 26.2 Å². The number of carbonyl (C=O) groups is 4. The Bertz CT molecular complexity index is 617. The minimum absolute atomic E-state index is 0.188. The van der Waals surface area contributed by atoms with E-state index in [2.05, 4.69) is 9.47 Å². The van der Waals surface area contributed by atoms with Crippen molar-refractivity contribution in [2.24, 2.45) is 29.6 Å². The Balaban J connectivity index is 0.000000136. The molecule has 122 valence electrons. The number of hydrogen-bond donors (Lipinski definition) is 0. The molecule has 2 aliphatic carbocycles. The number of esters is 4. The minimum atomic E-state index is -0.381. The van der Waals surface area contributed by atoms with Gasteiger partial charge < -0.3 is 9.47 Å². The van der Waals surface area contributed by atoms with E-state index in [-0.39, 0.29) is 47.5 Å². The van der Waals surface area contributed by atoms with E-state index in [9.17, 15) is 19.2 Å². The molecule has 0 radical (unpaired) electrons. The van der Waals surface area contributed by atoms with E-state index >= 15 is 0 Å². The van der Waals surface area contributed by atoms with Crippen molar-refractivity contribution in [3.63, 3.8) is 0 Å². The normalized spacial score (nSPS) is 37.5. The number of hydrogen-bond acceptors (Lipinski definition) is 6. The molecule has 0 saturated carbocycles. The summed E-state index contributed by atoms with van der Waals surface area (Å²) in [6.07, 6.45) is 9.86. The van der Waals surface area contributed by atoms with Crippen molar-refractivity contribution in [3.8, 4) is 0 Å². The molecule has 0 spiro atoms. The van der Waals surface area contributed by atoms with Crippen molar-refractivity contribution in [2.45, 2.75) is 26.2 Å². The third-order valence-corrected chi connectivity index (χ3v) is 4.68. The van der Waals surface area contributed by atoms with Crippen molar-refractivity contribution >= 4 is 23.9 Å². The molecule has 6 heteroatoms. The van der Waals surface area contributed by atoms with Gasteiger partial charge in [0.05, 0.1) is 23.7 Å². The topological polar surface area (TPSA) is 86.7 Å². The molecule has 0 aromatic heterocycles. The summed E-state index contributed by atoms with van der Waals surface area (Å²) in [7, 11) is 0. The Morgan fingerprint density at radius 1 is 0.826 bits per heavy atom. The molecule has 5 atom stereocenters. The number of carbonyl (C=O) groups excluding carboxylic acids is 4. The van der Waals surface area contributed by atoms with Crippen LogP contribution in [0, 0.1) is 29.6 Å². The lowest BCUT2D eigenvalue weighted by atomic mass is 9.81. The average Bonchev–Trinajstić information content (AvgIpc) is 2.97. The zero-order chi connectivity index (χ0) is 16.6. The van der Waals surface area contributed by atoms with Crippen LogP contribution < -0.4 is 0 Å². The zero-order valence-electron chi connectivity index (χ0n) is 12.8. The third-order valence-electron chi connectivity index (χ3n) is 4.68. The second kappa shape index (κ2) is 6.10. The van der Waals surface area contributed by atoms with Crippen LogP contribution in [0.15, 0.2) is 24.3 Å². The van der Waals surface area contributed by atoms with E-state index in [0.29, 0.717) is 5.92 Å². The van der Waals surface area contributed by atoms with Crippen LogP contribution in [-0.2, 0) is 28.7 Å². The van der Waals surface area contributed by atoms with Gasteiger partial charge in [0.25, 0.3) is 0 Å². The summed E-state index contributed by atoms with van der Waals surface area (Å²) in [5, 5.41) is 0. The van der Waals surface area contributed by atoms with Crippen molar-refractivity contribution in [1.82, 2.24) is 0 Å². The average molecular weight is 318 g/mol. The largest absolute Gasteiger partial charge is 0.392 e. The first kappa shape index (κ1) is 15.6. The molecular formula is C17H18O6. The van der Waals surface area contributed by atoms with Crippen LogP contribution in [0.3, 0.4) is 0 Å². The maximum atomic E-state index is 11.1. The zero-order valence-corrected chi connectivity index (χ0v) is 12.8. The molecule has 4 rings (SSSR count). The highest BCUT2D eigenvalue weighted by Gasteiger charge is 2.44. The number of allylic oxidation sites excluding steroid dienone is 2. The van der Waals surface area contributed by atoms with Gasteiger partial charge in [-0.2, -0.15) is 0 Å². The minimum Gasteiger partial charge on any atom is -0.392 e. The summed E-state index contributed by atoms with van der Waals surface area (Å²) in [5.41, 5.74) is 0. The van der Waals surface area contributed by atoms with Gasteiger partial charge in [-0.15, -0.1) is 0 Å². The van der Waals surface area contributed by atoms with Crippen LogP contribution in [0.4, 0.5) is 0 Å². The van der Waals surface area contributed by atoms with Gasteiger partial charge in [0.15, 0.2) is 0 Å². The summed E-state index contributed by atoms with van der Waals surface area (Å²) in [6.45, 7) is 2.03. The third kappa shape index (κ3) is 2.98. The molecule has 23 heavy (non-hydrogen) atoms. The summed E-state index contributed by atoms with van der Waals surface area (Å²) in [6, 6.07) is 0. The predicted octanol–water partition coefficient (Wildman–Crippen LogP) is 1.55. The van der Waals surface area contributed by atoms with Gasteiger partial charge >= 0.3 is 23.9 Å². The quantitative estimate of drug-likeness (QED) is 0.382. The van der Waals surface area contributed by atoms with Crippen LogP contribution in [0.25, 0.3) is 0 Å². The maximum absolute atomic E-state index is 11.1. The predicted molar refractivity (Wildman–Crippen MR) is 77.5 cm³/mol. The number of cyclic esters (lactones) is 4. The Hall–Kier alpha value is -2.24. The summed E-state index contributed by atoms with van der Waals surface area (Å²) in [4.78, 5) is 44.0. The first-order chi connectivity index (χ1) is 11.0. The standard InChI is InChI=1S/C9H10O3.C8H8O3/c1-5-2-3-6-7(4-5)9(11)12-8(6)10;9-7-5-3-1-2-4-6(5)8(10)11-7/h2-3,5-7H,4H2,1H3;1,3,5-6H,2,4H2. The van der Waals surface area contributed by atoms with Gasteiger partial charge in [-0.25, -0.2) is 0 Å². The van der Waals surface area contributed by atoms with Gasteiger partial charge in [-0.1, -0.05) is 31.2 Å². The Morgan fingerprint density at radius 2 is 1.43 bits per heavy atom. The van der Waals surface area contributed by atoms with Crippen molar-refractivity contribution in [3.05, 3.63) is 24.3 Å². The summed E-state index contributed by atoms with van der Waals surface area (Å²) >= 11 is 0. The van der Waals surface area contributed by atoms with Gasteiger partial charge in [-0.05, 0) is 25.2 Å². The van der Waals surface area contributed by atoms with Crippen LogP contribution in [-0.4, -0.2) is 23.9 Å². The van der Waals surface area contributed by atoms with Gasteiger partial charge in [-0.3, -0.25) is 19.2 Å². The molecule has 2 fully saturated rings. The highest BCUT2D eigenvalue weighted by Crippen LogP contribution is 2.34. The highest BCUT2D eigenvalue weighted by molar-refractivity contribution is 5.98. The molecule has 2 aliphatic heterocycles. The molecule has 4 aliphatic rings. The number of ether oxygens (including phenoxy) is 2. The molecule has 0 amide bonds. The highest BCUT2D eigenvalue weighted by atomic mass is 16.6. The van der Waals surface area contributed by atoms with E-state index in [1.54, 1.807) is 12.2 Å². The first-order valence-electron chi connectivity index (χ1n) is 7.83. The summed E-state index contributed by atoms with van der Waals surface area (Å²) in [5.74, 6) is -2.05. The lowest BCUT2D eigenvalue weighted by Crippen LogP contribution is -2.21. The van der Waals surface area contributed by atoms with E-state index in [1.165, 1.54) is 0 Å². The van der Waals surface area contributed by atoms with E-state index in [4.69, 9.17) is 0 Å². The molecular weight excluding hydrogens is 300 g/mol. The maximum Gasteiger partial charge on any atom is 0.321 e. The van der Waals surface area contributed by atoms with E-state index < -0.39 is 0 Å². The lowest BCUT2D eigenvalue weighted by Gasteiger charge is -2.18.